The second-order valence-electron chi connectivity index (χ2n) is 5.80. The molecule has 128 valence electrons. The van der Waals surface area contributed by atoms with Crippen LogP contribution in [0.2, 0.25) is 0 Å². The lowest BCUT2D eigenvalue weighted by molar-refractivity contribution is -0.119. The Balaban J connectivity index is 2.02. The van der Waals surface area contributed by atoms with Gasteiger partial charge >= 0.3 is 6.03 Å². The lowest BCUT2D eigenvalue weighted by Crippen LogP contribution is -2.42. The molecule has 0 bridgehead atoms. The summed E-state index contributed by atoms with van der Waals surface area (Å²) in [7, 11) is 0. The minimum Gasteiger partial charge on any atom is -0.338 e. The molecule has 1 fully saturated rings. The van der Waals surface area contributed by atoms with Gasteiger partial charge in [-0.25, -0.2) is 4.79 Å². The summed E-state index contributed by atoms with van der Waals surface area (Å²) >= 11 is 1.35. The Morgan fingerprint density at radius 1 is 1.30 bits per heavy atom. The number of carbonyl (C=O) groups is 2. The van der Waals surface area contributed by atoms with E-state index < -0.39 is 11.3 Å². The summed E-state index contributed by atoms with van der Waals surface area (Å²) in [5.41, 5.74) is 0. The Morgan fingerprint density at radius 3 is 2.65 bits per heavy atom. The average Bonchev–Trinajstić information content (AvgIpc) is 2.88. The van der Waals surface area contributed by atoms with Crippen LogP contribution in [0.4, 0.5) is 4.79 Å². The molecule has 2 N–H and O–H groups in total. The highest BCUT2D eigenvalue weighted by Crippen LogP contribution is 2.33. The van der Waals surface area contributed by atoms with Gasteiger partial charge in [0, 0.05) is 12.6 Å². The van der Waals surface area contributed by atoms with Crippen molar-refractivity contribution in [3.8, 4) is 0 Å². The standard InChI is InChI=1S/C15H25N5O2S/c1-4-16-14(22)17-13(21)10(2)23-15-19-18-11(3)20(15)12-8-6-5-7-9-12/h10,12H,4-9H2,1-3H3,(H2,16,17,21,22). The number of amides is 3. The first-order valence-corrected chi connectivity index (χ1v) is 9.07. The zero-order valence-corrected chi connectivity index (χ0v) is 14.8. The quantitative estimate of drug-likeness (QED) is 0.804. The van der Waals surface area contributed by atoms with Gasteiger partial charge in [-0.2, -0.15) is 0 Å². The molecule has 0 radical (unpaired) electrons. The number of rotatable bonds is 5. The summed E-state index contributed by atoms with van der Waals surface area (Å²) in [6, 6.07) is -0.0465. The van der Waals surface area contributed by atoms with Crippen LogP contribution in [0.3, 0.4) is 0 Å². The molecule has 7 nitrogen and oxygen atoms in total. The molecule has 0 spiro atoms. The molecule has 3 amide bonds. The summed E-state index contributed by atoms with van der Waals surface area (Å²) in [6.45, 7) is 6.01. The molecule has 1 aliphatic carbocycles. The van der Waals surface area contributed by atoms with E-state index in [-0.39, 0.29) is 5.91 Å². The van der Waals surface area contributed by atoms with Crippen LogP contribution in [0, 0.1) is 6.92 Å². The molecular weight excluding hydrogens is 314 g/mol. The summed E-state index contributed by atoms with van der Waals surface area (Å²) < 4.78 is 2.15. The van der Waals surface area contributed by atoms with Crippen LogP contribution < -0.4 is 10.6 Å². The lowest BCUT2D eigenvalue weighted by atomic mass is 9.95. The monoisotopic (exact) mass is 339 g/mol. The maximum Gasteiger partial charge on any atom is 0.321 e. The van der Waals surface area contributed by atoms with E-state index in [4.69, 9.17) is 0 Å². The molecule has 0 aromatic carbocycles. The van der Waals surface area contributed by atoms with Gasteiger partial charge in [0.1, 0.15) is 5.82 Å². The molecule has 1 aliphatic rings. The van der Waals surface area contributed by atoms with E-state index in [1.165, 1.54) is 31.0 Å². The highest BCUT2D eigenvalue weighted by Gasteiger charge is 2.25. The van der Waals surface area contributed by atoms with Gasteiger partial charge in [0.25, 0.3) is 0 Å². The first-order valence-electron chi connectivity index (χ1n) is 8.19. The molecular formula is C15H25N5O2S. The number of hydrogen-bond acceptors (Lipinski definition) is 5. The van der Waals surface area contributed by atoms with E-state index in [0.717, 1.165) is 23.8 Å². The van der Waals surface area contributed by atoms with Gasteiger partial charge < -0.3 is 9.88 Å². The van der Waals surface area contributed by atoms with E-state index in [2.05, 4.69) is 25.4 Å². The topological polar surface area (TPSA) is 88.9 Å². The molecule has 1 unspecified atom stereocenters. The summed E-state index contributed by atoms with van der Waals surface area (Å²) in [4.78, 5) is 23.5. The van der Waals surface area contributed by atoms with E-state index in [1.807, 2.05) is 6.92 Å². The van der Waals surface area contributed by atoms with Crippen molar-refractivity contribution in [1.82, 2.24) is 25.4 Å². The third-order valence-electron chi connectivity index (χ3n) is 4.00. The Morgan fingerprint density at radius 2 is 2.00 bits per heavy atom. The SMILES string of the molecule is CCNC(=O)NC(=O)C(C)Sc1nnc(C)n1C1CCCCC1. The van der Waals surface area contributed by atoms with Gasteiger partial charge in [-0.05, 0) is 33.6 Å². The Labute approximate surface area is 141 Å². The smallest absolute Gasteiger partial charge is 0.321 e. The van der Waals surface area contributed by atoms with Crippen molar-refractivity contribution in [3.05, 3.63) is 5.82 Å². The zero-order chi connectivity index (χ0) is 16.8. The first-order chi connectivity index (χ1) is 11.0. The fourth-order valence-electron chi connectivity index (χ4n) is 2.82. The number of imide groups is 1. The second-order valence-corrected chi connectivity index (χ2v) is 7.11. The Hall–Kier alpha value is -1.57. The molecule has 8 heteroatoms. The van der Waals surface area contributed by atoms with Crippen molar-refractivity contribution in [3.63, 3.8) is 0 Å². The molecule has 0 aliphatic heterocycles. The number of aromatic nitrogens is 3. The van der Waals surface area contributed by atoms with Crippen molar-refractivity contribution in [1.29, 1.82) is 0 Å². The second kappa shape index (κ2) is 8.33. The number of carbonyl (C=O) groups excluding carboxylic acids is 2. The summed E-state index contributed by atoms with van der Waals surface area (Å²) in [5, 5.41) is 13.6. The maximum absolute atomic E-state index is 12.1. The molecule has 0 saturated heterocycles. The van der Waals surface area contributed by atoms with Gasteiger partial charge in [-0.15, -0.1) is 10.2 Å². The predicted octanol–water partition coefficient (Wildman–Crippen LogP) is 2.42. The lowest BCUT2D eigenvalue weighted by Gasteiger charge is -2.25. The van der Waals surface area contributed by atoms with Crippen LogP contribution in [0.15, 0.2) is 5.16 Å². The fourth-order valence-corrected chi connectivity index (χ4v) is 3.78. The Kier molecular flexibility index (Phi) is 6.44. The first kappa shape index (κ1) is 17.8. The molecule has 23 heavy (non-hydrogen) atoms. The summed E-state index contributed by atoms with van der Waals surface area (Å²) in [5.74, 6) is 0.563. The zero-order valence-electron chi connectivity index (χ0n) is 14.0. The Bertz CT molecular complexity index is 554. The van der Waals surface area contributed by atoms with Crippen molar-refractivity contribution in [2.24, 2.45) is 0 Å². The van der Waals surface area contributed by atoms with Gasteiger partial charge in [0.2, 0.25) is 5.91 Å². The highest BCUT2D eigenvalue weighted by atomic mass is 32.2. The third kappa shape index (κ3) is 4.70. The number of aryl methyl sites for hydroxylation is 1. The highest BCUT2D eigenvalue weighted by molar-refractivity contribution is 8.00. The normalized spacial score (nSPS) is 16.8. The summed E-state index contributed by atoms with van der Waals surface area (Å²) in [6.07, 6.45) is 5.99. The number of urea groups is 1. The predicted molar refractivity (Wildman–Crippen MR) is 89.4 cm³/mol. The number of thioether (sulfide) groups is 1. The van der Waals surface area contributed by atoms with Crippen LogP contribution in [0.5, 0.6) is 0 Å². The number of hydrogen-bond donors (Lipinski definition) is 2. The number of nitrogens with zero attached hydrogens (tertiary/aromatic N) is 3. The molecule has 1 heterocycles. The fraction of sp³-hybridized carbons (Fsp3) is 0.733. The van der Waals surface area contributed by atoms with Crippen LogP contribution in [0.1, 0.15) is 57.8 Å². The maximum atomic E-state index is 12.1. The average molecular weight is 339 g/mol. The largest absolute Gasteiger partial charge is 0.338 e. The van der Waals surface area contributed by atoms with Crippen molar-refractivity contribution >= 4 is 23.7 Å². The minimum absolute atomic E-state index is 0.322. The van der Waals surface area contributed by atoms with E-state index in [0.29, 0.717) is 12.6 Å². The van der Waals surface area contributed by atoms with E-state index >= 15 is 0 Å². The molecule has 1 aromatic heterocycles. The van der Waals surface area contributed by atoms with Crippen LogP contribution in [-0.2, 0) is 4.79 Å². The van der Waals surface area contributed by atoms with E-state index in [1.54, 1.807) is 13.8 Å². The molecule has 2 rings (SSSR count). The van der Waals surface area contributed by atoms with Gasteiger partial charge in [-0.3, -0.25) is 10.1 Å². The minimum atomic E-state index is -0.463. The number of nitrogens with one attached hydrogen (secondary N) is 2. The van der Waals surface area contributed by atoms with Crippen LogP contribution >= 0.6 is 11.8 Å². The van der Waals surface area contributed by atoms with Crippen molar-refractivity contribution in [2.75, 3.05) is 6.54 Å². The van der Waals surface area contributed by atoms with Crippen LogP contribution in [0.25, 0.3) is 0 Å². The van der Waals surface area contributed by atoms with Crippen molar-refractivity contribution in [2.45, 2.75) is 69.3 Å². The van der Waals surface area contributed by atoms with Gasteiger partial charge in [0.15, 0.2) is 5.16 Å². The molecule has 1 atom stereocenters. The van der Waals surface area contributed by atoms with E-state index in [9.17, 15) is 9.59 Å². The van der Waals surface area contributed by atoms with Gasteiger partial charge in [0.05, 0.1) is 5.25 Å². The molecule has 1 saturated carbocycles. The molecule has 1 aromatic rings. The van der Waals surface area contributed by atoms with Crippen molar-refractivity contribution < 1.29 is 9.59 Å². The third-order valence-corrected chi connectivity index (χ3v) is 5.06. The van der Waals surface area contributed by atoms with Crippen LogP contribution in [-0.4, -0.2) is 38.5 Å². The van der Waals surface area contributed by atoms with Gasteiger partial charge in [-0.1, -0.05) is 31.0 Å².